The molecule has 0 aliphatic rings. The van der Waals surface area contributed by atoms with Crippen molar-refractivity contribution in [1.29, 1.82) is 0 Å². The molecule has 1 aromatic carbocycles. The third-order valence-electron chi connectivity index (χ3n) is 4.13. The van der Waals surface area contributed by atoms with Crippen molar-refractivity contribution in [2.24, 2.45) is 0 Å². The quantitative estimate of drug-likeness (QED) is 0.551. The SMILES string of the molecule is Cc1nc2ccccn2c1-c1ccnc(NC(=O)/C=C/c2ccc(F)cc2)n1. The van der Waals surface area contributed by atoms with E-state index in [2.05, 4.69) is 20.3 Å². The molecule has 0 saturated heterocycles. The van der Waals surface area contributed by atoms with E-state index in [1.807, 2.05) is 35.7 Å². The zero-order valence-electron chi connectivity index (χ0n) is 15.0. The third kappa shape index (κ3) is 3.64. The maximum Gasteiger partial charge on any atom is 0.250 e. The Morgan fingerprint density at radius 3 is 2.75 bits per heavy atom. The number of nitrogens with one attached hydrogen (secondary N) is 1. The van der Waals surface area contributed by atoms with Gasteiger partial charge in [-0.25, -0.2) is 19.3 Å². The van der Waals surface area contributed by atoms with Gasteiger partial charge in [0.05, 0.1) is 17.1 Å². The second-order valence-electron chi connectivity index (χ2n) is 6.11. The first-order chi connectivity index (χ1) is 13.6. The molecule has 0 fully saturated rings. The monoisotopic (exact) mass is 373 g/mol. The first kappa shape index (κ1) is 17.5. The summed E-state index contributed by atoms with van der Waals surface area (Å²) in [5, 5.41) is 2.64. The molecule has 7 heteroatoms. The van der Waals surface area contributed by atoms with Crippen LogP contribution >= 0.6 is 0 Å². The average Bonchev–Trinajstić information content (AvgIpc) is 3.03. The minimum Gasteiger partial charge on any atom is -0.298 e. The molecule has 6 nitrogen and oxygen atoms in total. The molecular weight excluding hydrogens is 357 g/mol. The first-order valence-corrected chi connectivity index (χ1v) is 8.62. The number of imidazole rings is 1. The molecule has 0 atom stereocenters. The zero-order valence-corrected chi connectivity index (χ0v) is 15.0. The fraction of sp³-hybridized carbons (Fsp3) is 0.0476. The molecule has 0 bridgehead atoms. The molecule has 3 heterocycles. The molecule has 0 saturated carbocycles. The Morgan fingerprint density at radius 2 is 1.93 bits per heavy atom. The number of pyridine rings is 1. The lowest BCUT2D eigenvalue weighted by Gasteiger charge is -2.05. The van der Waals surface area contributed by atoms with Crippen molar-refractivity contribution >= 4 is 23.6 Å². The number of anilines is 1. The Kier molecular flexibility index (Phi) is 4.63. The summed E-state index contributed by atoms with van der Waals surface area (Å²) in [5.74, 6) is -0.512. The van der Waals surface area contributed by atoms with Crippen LogP contribution in [0, 0.1) is 12.7 Å². The predicted octanol–water partition coefficient (Wildman–Crippen LogP) is 3.89. The van der Waals surface area contributed by atoms with Crippen LogP contribution in [-0.4, -0.2) is 25.3 Å². The molecule has 0 aliphatic heterocycles. The van der Waals surface area contributed by atoms with Gasteiger partial charge < -0.3 is 0 Å². The number of carbonyl (C=O) groups excluding carboxylic acids is 1. The molecule has 0 unspecified atom stereocenters. The van der Waals surface area contributed by atoms with Gasteiger partial charge in [0.1, 0.15) is 11.5 Å². The van der Waals surface area contributed by atoms with E-state index in [-0.39, 0.29) is 17.7 Å². The molecule has 4 aromatic rings. The van der Waals surface area contributed by atoms with Gasteiger partial charge >= 0.3 is 0 Å². The van der Waals surface area contributed by atoms with Crippen molar-refractivity contribution in [2.45, 2.75) is 6.92 Å². The van der Waals surface area contributed by atoms with Crippen LogP contribution in [0.2, 0.25) is 0 Å². The molecule has 4 rings (SSSR count). The number of fused-ring (bicyclic) bond motifs is 1. The van der Waals surface area contributed by atoms with E-state index in [0.717, 1.165) is 17.0 Å². The minimum atomic E-state index is -0.378. The molecule has 138 valence electrons. The smallest absolute Gasteiger partial charge is 0.250 e. The maximum atomic E-state index is 12.9. The van der Waals surface area contributed by atoms with Gasteiger partial charge in [0.15, 0.2) is 0 Å². The second-order valence-corrected chi connectivity index (χ2v) is 6.11. The summed E-state index contributed by atoms with van der Waals surface area (Å²) in [6.07, 6.45) is 6.44. The first-order valence-electron chi connectivity index (χ1n) is 8.62. The van der Waals surface area contributed by atoms with E-state index >= 15 is 0 Å². The highest BCUT2D eigenvalue weighted by Crippen LogP contribution is 2.23. The Labute approximate surface area is 160 Å². The van der Waals surface area contributed by atoms with Crippen LogP contribution in [0.25, 0.3) is 23.1 Å². The second kappa shape index (κ2) is 7.40. The molecular formula is C21H16FN5O. The van der Waals surface area contributed by atoms with Crippen molar-refractivity contribution < 1.29 is 9.18 Å². The molecule has 0 spiro atoms. The van der Waals surface area contributed by atoms with Crippen LogP contribution in [0.1, 0.15) is 11.3 Å². The predicted molar refractivity (Wildman–Crippen MR) is 105 cm³/mol. The summed E-state index contributed by atoms with van der Waals surface area (Å²) in [7, 11) is 0. The van der Waals surface area contributed by atoms with Gasteiger partial charge in [0.2, 0.25) is 5.95 Å². The largest absolute Gasteiger partial charge is 0.298 e. The number of benzene rings is 1. The van der Waals surface area contributed by atoms with E-state index in [4.69, 9.17) is 0 Å². The fourth-order valence-corrected chi connectivity index (χ4v) is 2.87. The number of amides is 1. The Bertz CT molecular complexity index is 1180. The lowest BCUT2D eigenvalue weighted by molar-refractivity contribution is -0.111. The molecule has 28 heavy (non-hydrogen) atoms. The highest BCUT2D eigenvalue weighted by Gasteiger charge is 2.13. The van der Waals surface area contributed by atoms with Crippen LogP contribution in [0.3, 0.4) is 0 Å². The number of aromatic nitrogens is 4. The van der Waals surface area contributed by atoms with Crippen LogP contribution in [0.5, 0.6) is 0 Å². The lowest BCUT2D eigenvalue weighted by Crippen LogP contribution is -2.11. The summed E-state index contributed by atoms with van der Waals surface area (Å²) >= 11 is 0. The lowest BCUT2D eigenvalue weighted by atomic mass is 10.2. The summed E-state index contributed by atoms with van der Waals surface area (Å²) in [6.45, 7) is 1.91. The van der Waals surface area contributed by atoms with Gasteiger partial charge in [-0.3, -0.25) is 14.5 Å². The van der Waals surface area contributed by atoms with Crippen molar-refractivity contribution in [2.75, 3.05) is 5.32 Å². The Balaban J connectivity index is 1.56. The van der Waals surface area contributed by atoms with Gasteiger partial charge in [0, 0.05) is 18.5 Å². The molecule has 3 aromatic heterocycles. The van der Waals surface area contributed by atoms with E-state index < -0.39 is 0 Å². The maximum absolute atomic E-state index is 12.9. The van der Waals surface area contributed by atoms with Crippen molar-refractivity contribution in [3.8, 4) is 11.4 Å². The van der Waals surface area contributed by atoms with E-state index in [0.29, 0.717) is 11.3 Å². The number of aryl methyl sites for hydroxylation is 1. The van der Waals surface area contributed by atoms with Gasteiger partial charge in [-0.05, 0) is 48.9 Å². The summed E-state index contributed by atoms with van der Waals surface area (Å²) in [4.78, 5) is 25.2. The van der Waals surface area contributed by atoms with Crippen LogP contribution in [-0.2, 0) is 4.79 Å². The number of hydrogen-bond donors (Lipinski definition) is 1. The van der Waals surface area contributed by atoms with E-state index in [9.17, 15) is 9.18 Å². The van der Waals surface area contributed by atoms with Gasteiger partial charge in [-0.1, -0.05) is 18.2 Å². The average molecular weight is 373 g/mol. The van der Waals surface area contributed by atoms with Crippen molar-refractivity contribution in [1.82, 2.24) is 19.4 Å². The minimum absolute atomic E-state index is 0.191. The molecule has 1 N–H and O–H groups in total. The van der Waals surface area contributed by atoms with Crippen molar-refractivity contribution in [3.05, 3.63) is 84.1 Å². The summed E-state index contributed by atoms with van der Waals surface area (Å²) in [6, 6.07) is 13.4. The Hall–Kier alpha value is -3.87. The number of carbonyl (C=O) groups is 1. The highest BCUT2D eigenvalue weighted by molar-refractivity contribution is 6.01. The summed E-state index contributed by atoms with van der Waals surface area (Å²) < 4.78 is 14.9. The van der Waals surface area contributed by atoms with E-state index in [1.165, 1.54) is 18.2 Å². The molecule has 0 radical (unpaired) electrons. The number of rotatable bonds is 4. The van der Waals surface area contributed by atoms with Gasteiger partial charge in [-0.15, -0.1) is 0 Å². The van der Waals surface area contributed by atoms with Gasteiger partial charge in [-0.2, -0.15) is 0 Å². The topological polar surface area (TPSA) is 72.2 Å². The highest BCUT2D eigenvalue weighted by atomic mass is 19.1. The fourth-order valence-electron chi connectivity index (χ4n) is 2.87. The molecule has 1 amide bonds. The number of hydrogen-bond acceptors (Lipinski definition) is 4. The number of nitrogens with zero attached hydrogens (tertiary/aromatic N) is 4. The van der Waals surface area contributed by atoms with Crippen molar-refractivity contribution in [3.63, 3.8) is 0 Å². The van der Waals surface area contributed by atoms with Gasteiger partial charge in [0.25, 0.3) is 5.91 Å². The Morgan fingerprint density at radius 1 is 1.11 bits per heavy atom. The third-order valence-corrected chi connectivity index (χ3v) is 4.13. The standard InChI is InChI=1S/C21H16FN5O/c1-14-20(27-13-3-2-4-18(27)24-14)17-11-12-23-21(25-17)26-19(28)10-7-15-5-8-16(22)9-6-15/h2-13H,1H3,(H,23,25,26,28)/b10-7+. The van der Waals surface area contributed by atoms with Crippen LogP contribution in [0.4, 0.5) is 10.3 Å². The molecule has 0 aliphatic carbocycles. The number of halogens is 1. The zero-order chi connectivity index (χ0) is 19.5. The normalized spacial score (nSPS) is 11.2. The van der Waals surface area contributed by atoms with E-state index in [1.54, 1.807) is 30.5 Å². The van der Waals surface area contributed by atoms with Crippen LogP contribution < -0.4 is 5.32 Å². The van der Waals surface area contributed by atoms with Crippen LogP contribution in [0.15, 0.2) is 67.0 Å². The summed E-state index contributed by atoms with van der Waals surface area (Å²) in [5.41, 5.74) is 3.87.